The Kier molecular flexibility index (Phi) is 9.52. The van der Waals surface area contributed by atoms with E-state index in [4.69, 9.17) is 14.7 Å². The second-order valence-electron chi connectivity index (χ2n) is 19.1. The van der Waals surface area contributed by atoms with Crippen LogP contribution in [0.1, 0.15) is 94.4 Å². The second-order valence-corrected chi connectivity index (χ2v) is 19.1. The molecule has 1 heterocycles. The van der Waals surface area contributed by atoms with Gasteiger partial charge in [-0.15, -0.1) is 0 Å². The summed E-state index contributed by atoms with van der Waals surface area (Å²) in [4.78, 5) is 11.2. The van der Waals surface area contributed by atoms with Gasteiger partial charge in [-0.1, -0.05) is 227 Å². The lowest BCUT2D eigenvalue weighted by Crippen LogP contribution is -2.45. The zero-order valence-electron chi connectivity index (χ0n) is 39.0. The van der Waals surface area contributed by atoms with Crippen molar-refractivity contribution >= 4 is 33.1 Å². The van der Waals surface area contributed by atoms with Gasteiger partial charge in [0, 0.05) is 22.4 Å². The molecule has 0 fully saturated rings. The van der Waals surface area contributed by atoms with Crippen LogP contribution in [0, 0.1) is 5.92 Å². The summed E-state index contributed by atoms with van der Waals surface area (Å²) in [7, 11) is 0. The molecule has 0 N–H and O–H groups in total. The Morgan fingerprint density at radius 2 is 0.971 bits per heavy atom. The summed E-state index contributed by atoms with van der Waals surface area (Å²) in [6.07, 6.45) is 0.953. The molecule has 3 heteroatoms. The molecule has 3 nitrogen and oxygen atoms in total. The molecule has 2 unspecified atom stereocenters. The quantitative estimate of drug-likeness (QED) is 0.0930. The van der Waals surface area contributed by atoms with Crippen molar-refractivity contribution in [1.29, 1.82) is 0 Å². The van der Waals surface area contributed by atoms with Gasteiger partial charge in [0.15, 0.2) is 5.84 Å². The first-order chi connectivity index (χ1) is 34.0. The van der Waals surface area contributed by atoms with Gasteiger partial charge >= 0.3 is 0 Å². The van der Waals surface area contributed by atoms with Gasteiger partial charge in [-0.25, -0.2) is 4.99 Å². The molecule has 2 atom stereocenters. The third kappa shape index (κ3) is 5.99. The Hall–Kier alpha value is -8.14. The predicted octanol–water partition coefficient (Wildman–Crippen LogP) is 16.2. The topological polar surface area (TPSA) is 34.0 Å². The van der Waals surface area contributed by atoms with E-state index >= 15 is 0 Å². The van der Waals surface area contributed by atoms with E-state index in [2.05, 4.69) is 245 Å². The minimum atomic E-state index is -0.623. The van der Waals surface area contributed by atoms with E-state index in [0.29, 0.717) is 0 Å². The first-order valence-electron chi connectivity index (χ1n) is 24.4. The van der Waals surface area contributed by atoms with Gasteiger partial charge in [-0.2, -0.15) is 0 Å². The van der Waals surface area contributed by atoms with Crippen molar-refractivity contribution in [3.05, 3.63) is 286 Å². The molecular weight excluding hydrogens is 837 g/mol. The number of hydrogen-bond donors (Lipinski definition) is 0. The van der Waals surface area contributed by atoms with E-state index in [1.165, 1.54) is 71.6 Å². The van der Waals surface area contributed by atoms with Crippen LogP contribution >= 0.6 is 0 Å². The van der Waals surface area contributed by atoms with Crippen molar-refractivity contribution in [2.75, 3.05) is 0 Å². The van der Waals surface area contributed by atoms with Crippen LogP contribution in [-0.2, 0) is 10.8 Å². The molecule has 0 bridgehead atoms. The molecule has 2 spiro atoms. The molecule has 2 aliphatic carbocycles. The smallest absolute Gasteiger partial charge is 0.155 e. The number of ether oxygens (including phenoxy) is 1. The van der Waals surface area contributed by atoms with E-state index in [-0.39, 0.29) is 12.0 Å². The monoisotopic (exact) mass is 886 g/mol. The summed E-state index contributed by atoms with van der Waals surface area (Å²) in [5.41, 5.74) is 15.5. The number of fused-ring (bicyclic) bond motifs is 18. The number of rotatable bonds is 6. The van der Waals surface area contributed by atoms with Crippen LogP contribution in [0.4, 0.5) is 0 Å². The van der Waals surface area contributed by atoms with Crippen LogP contribution in [0.15, 0.2) is 234 Å². The van der Waals surface area contributed by atoms with E-state index in [1.54, 1.807) is 0 Å². The molecule has 0 saturated heterocycles. The molecule has 0 amide bonds. The summed E-state index contributed by atoms with van der Waals surface area (Å²) >= 11 is 0. The highest BCUT2D eigenvalue weighted by molar-refractivity contribution is 6.14. The molecule has 69 heavy (non-hydrogen) atoms. The van der Waals surface area contributed by atoms with Gasteiger partial charge in [-0.3, -0.25) is 4.99 Å². The van der Waals surface area contributed by atoms with Crippen LogP contribution < -0.4 is 4.74 Å². The maximum atomic E-state index is 6.76. The number of para-hydroxylation sites is 2. The molecule has 330 valence electrons. The van der Waals surface area contributed by atoms with Crippen molar-refractivity contribution in [3.63, 3.8) is 0 Å². The molecular formula is C66H50N2O. The maximum Gasteiger partial charge on any atom is 0.155 e. The van der Waals surface area contributed by atoms with Gasteiger partial charge in [0.05, 0.1) is 16.9 Å². The minimum absolute atomic E-state index is 0.176. The van der Waals surface area contributed by atoms with Crippen LogP contribution in [0.2, 0.25) is 0 Å². The fourth-order valence-electron chi connectivity index (χ4n) is 12.3. The highest BCUT2D eigenvalue weighted by Crippen LogP contribution is 2.67. The Morgan fingerprint density at radius 1 is 0.449 bits per heavy atom. The number of benzene rings is 10. The van der Waals surface area contributed by atoms with Crippen LogP contribution in [-0.4, -0.2) is 11.5 Å². The highest BCUT2D eigenvalue weighted by Gasteiger charge is 2.58. The maximum absolute atomic E-state index is 6.76. The summed E-state index contributed by atoms with van der Waals surface area (Å²) in [5.74, 6) is 2.74. The summed E-state index contributed by atoms with van der Waals surface area (Å²) < 4.78 is 6.76. The molecule has 10 aromatic rings. The van der Waals surface area contributed by atoms with E-state index in [0.717, 1.165) is 51.7 Å². The lowest BCUT2D eigenvalue weighted by atomic mass is 9.51. The molecule has 0 saturated carbocycles. The lowest BCUT2D eigenvalue weighted by Gasteiger charge is -2.51. The SMILES string of the molecule is CCC(C)C(N=C(N=C(C)c1ccc2c(ccc3ccccc32)c1)c1ccccc1)c1ccc2c(c1)C1(c3ccccc3-2)c2ccccc2C2(c3ccccc3Oc3ccccc32)c2ccccc21. The highest BCUT2D eigenvalue weighted by atomic mass is 16.5. The van der Waals surface area contributed by atoms with Crippen LogP contribution in [0.25, 0.3) is 32.7 Å². The minimum Gasteiger partial charge on any atom is -0.457 e. The molecule has 10 aromatic carbocycles. The van der Waals surface area contributed by atoms with Crippen molar-refractivity contribution in [1.82, 2.24) is 0 Å². The van der Waals surface area contributed by atoms with Gasteiger partial charge < -0.3 is 4.74 Å². The van der Waals surface area contributed by atoms with Gasteiger partial charge in [-0.05, 0) is 108 Å². The number of nitrogens with zero attached hydrogens (tertiary/aromatic N) is 2. The van der Waals surface area contributed by atoms with Crippen LogP contribution in [0.3, 0.4) is 0 Å². The first kappa shape index (κ1) is 41.1. The first-order valence-corrected chi connectivity index (χ1v) is 24.4. The average Bonchev–Trinajstić information content (AvgIpc) is 3.70. The standard InChI is InChI=1S/C66H50N2O/c1-4-42(2)63(68-64(45-21-6-5-7-22-45)67-43(3)46-36-38-50-47(40-46)35-34-44-20-8-9-23-49(44)50)48-37-39-52-51-24-10-11-25-53(51)65(60(52)41-48)54-26-12-14-28-56(54)66(57-29-15-13-27-55(57)65)58-30-16-18-32-61(58)69-62-33-19-17-31-59(62)66/h5-42,63H,4H2,1-3H3. The molecule has 0 radical (unpaired) electrons. The fraction of sp³-hybridized carbons (Fsp3) is 0.121. The summed E-state index contributed by atoms with van der Waals surface area (Å²) in [6, 6.07) is 82.3. The van der Waals surface area contributed by atoms with E-state index in [1.807, 2.05) is 0 Å². The second kappa shape index (κ2) is 16.0. The lowest BCUT2D eigenvalue weighted by molar-refractivity contribution is 0.428. The van der Waals surface area contributed by atoms with Crippen molar-refractivity contribution in [2.24, 2.45) is 15.9 Å². The molecule has 0 aromatic heterocycles. The Morgan fingerprint density at radius 3 is 1.64 bits per heavy atom. The molecule has 13 rings (SSSR count). The third-order valence-electron chi connectivity index (χ3n) is 15.6. The third-order valence-corrected chi connectivity index (χ3v) is 15.6. The van der Waals surface area contributed by atoms with E-state index < -0.39 is 10.8 Å². The normalized spacial score (nSPS) is 15.6. The predicted molar refractivity (Wildman–Crippen MR) is 285 cm³/mol. The van der Waals surface area contributed by atoms with Gasteiger partial charge in [0.25, 0.3) is 0 Å². The number of hydrogen-bond acceptors (Lipinski definition) is 2. The van der Waals surface area contributed by atoms with Crippen molar-refractivity contribution in [2.45, 2.75) is 44.1 Å². The molecule has 1 aliphatic heterocycles. The number of aliphatic imine (C=N–C) groups is 2. The zero-order chi connectivity index (χ0) is 46.3. The Labute approximate surface area is 404 Å². The summed E-state index contributed by atoms with van der Waals surface area (Å²) in [6.45, 7) is 6.74. The average molecular weight is 887 g/mol. The Balaban J connectivity index is 1.03. The number of amidine groups is 1. The Bertz CT molecular complexity index is 3650. The van der Waals surface area contributed by atoms with Crippen LogP contribution in [0.5, 0.6) is 11.5 Å². The largest absolute Gasteiger partial charge is 0.457 e. The zero-order valence-corrected chi connectivity index (χ0v) is 39.0. The van der Waals surface area contributed by atoms with Crippen molar-refractivity contribution < 1.29 is 4.74 Å². The summed E-state index contributed by atoms with van der Waals surface area (Å²) in [5, 5.41) is 4.95. The van der Waals surface area contributed by atoms with Gasteiger partial charge in [0.1, 0.15) is 11.5 Å². The van der Waals surface area contributed by atoms with Gasteiger partial charge in [0.2, 0.25) is 0 Å². The van der Waals surface area contributed by atoms with Crippen molar-refractivity contribution in [3.8, 4) is 22.6 Å². The molecule has 3 aliphatic rings. The van der Waals surface area contributed by atoms with E-state index in [9.17, 15) is 0 Å². The fourth-order valence-corrected chi connectivity index (χ4v) is 12.3.